The smallest absolute Gasteiger partial charge is 0.339 e. The van der Waals surface area contributed by atoms with E-state index < -0.39 is 11.8 Å². The van der Waals surface area contributed by atoms with Crippen LogP contribution in [0.4, 0.5) is 4.39 Å². The Bertz CT molecular complexity index is 578. The fraction of sp³-hybridized carbons (Fsp3) is 0.231. The van der Waals surface area contributed by atoms with E-state index in [9.17, 15) is 9.18 Å². The van der Waals surface area contributed by atoms with Crippen LogP contribution in [0.25, 0.3) is 11.3 Å². The minimum Gasteiger partial charge on any atom is -0.478 e. The first-order chi connectivity index (χ1) is 8.63. The number of hydrogen-bond acceptors (Lipinski definition) is 2. The van der Waals surface area contributed by atoms with Crippen molar-refractivity contribution < 1.29 is 14.3 Å². The van der Waals surface area contributed by atoms with E-state index in [2.05, 4.69) is 5.10 Å². The largest absolute Gasteiger partial charge is 0.478 e. The van der Waals surface area contributed by atoms with Crippen molar-refractivity contribution in [3.8, 4) is 11.3 Å². The van der Waals surface area contributed by atoms with Gasteiger partial charge in [-0.15, -0.1) is 0 Å². The first-order valence-electron chi connectivity index (χ1n) is 5.69. The number of benzene rings is 1. The van der Waals surface area contributed by atoms with Gasteiger partial charge in [0.25, 0.3) is 0 Å². The van der Waals surface area contributed by atoms with Gasteiger partial charge in [-0.3, -0.25) is 4.68 Å². The van der Waals surface area contributed by atoms with Gasteiger partial charge in [0.15, 0.2) is 0 Å². The molecule has 1 heterocycles. The maximum absolute atomic E-state index is 13.7. The van der Waals surface area contributed by atoms with E-state index in [1.807, 2.05) is 6.92 Å². The average Bonchev–Trinajstić information content (AvgIpc) is 2.74. The van der Waals surface area contributed by atoms with Gasteiger partial charge < -0.3 is 5.11 Å². The number of aromatic nitrogens is 2. The highest BCUT2D eigenvalue weighted by Crippen LogP contribution is 2.24. The topological polar surface area (TPSA) is 55.1 Å². The highest BCUT2D eigenvalue weighted by molar-refractivity contribution is 5.94. The number of halogens is 1. The Morgan fingerprint density at radius 1 is 1.44 bits per heavy atom. The van der Waals surface area contributed by atoms with Crippen LogP contribution >= 0.6 is 0 Å². The third-order valence-electron chi connectivity index (χ3n) is 2.57. The summed E-state index contributed by atoms with van der Waals surface area (Å²) in [6, 6.07) is 6.03. The van der Waals surface area contributed by atoms with Crippen molar-refractivity contribution in [2.45, 2.75) is 19.9 Å². The Hall–Kier alpha value is -2.17. The summed E-state index contributed by atoms with van der Waals surface area (Å²) in [6.07, 6.45) is 2.27. The van der Waals surface area contributed by atoms with Crippen LogP contribution in [0, 0.1) is 5.82 Å². The number of rotatable bonds is 4. The SMILES string of the molecule is CCCn1cc(C(=O)O)c(-c2ccccc2F)n1. The lowest BCUT2D eigenvalue weighted by atomic mass is 10.1. The molecule has 2 rings (SSSR count). The molecule has 0 amide bonds. The van der Waals surface area contributed by atoms with Crippen LogP contribution in [0.15, 0.2) is 30.5 Å². The Kier molecular flexibility index (Phi) is 3.41. The molecule has 0 aliphatic rings. The number of aryl methyl sites for hydroxylation is 1. The maximum atomic E-state index is 13.7. The standard InChI is InChI=1S/C13H13FN2O2/c1-2-7-16-8-10(13(17)18)12(15-16)9-5-3-4-6-11(9)14/h3-6,8H,2,7H2,1H3,(H,17,18). The molecule has 1 aromatic heterocycles. The second kappa shape index (κ2) is 5.00. The summed E-state index contributed by atoms with van der Waals surface area (Å²) in [4.78, 5) is 11.1. The molecule has 18 heavy (non-hydrogen) atoms. The summed E-state index contributed by atoms with van der Waals surface area (Å²) in [5.41, 5.74) is 0.410. The summed E-state index contributed by atoms with van der Waals surface area (Å²) in [7, 11) is 0. The summed E-state index contributed by atoms with van der Waals surface area (Å²) < 4.78 is 15.2. The summed E-state index contributed by atoms with van der Waals surface area (Å²) in [6.45, 7) is 2.57. The zero-order chi connectivity index (χ0) is 13.1. The number of aromatic carboxylic acids is 1. The van der Waals surface area contributed by atoms with E-state index in [1.54, 1.807) is 12.1 Å². The molecule has 0 aliphatic carbocycles. The predicted molar refractivity (Wildman–Crippen MR) is 64.9 cm³/mol. The molecule has 0 unspecified atom stereocenters. The van der Waals surface area contributed by atoms with Gasteiger partial charge in [0.2, 0.25) is 0 Å². The summed E-state index contributed by atoms with van der Waals surface area (Å²) >= 11 is 0. The fourth-order valence-corrected chi connectivity index (χ4v) is 1.77. The third kappa shape index (κ3) is 2.25. The summed E-state index contributed by atoms with van der Waals surface area (Å²) in [5.74, 6) is -1.57. The van der Waals surface area contributed by atoms with Crippen molar-refractivity contribution in [3.63, 3.8) is 0 Å². The number of carbonyl (C=O) groups is 1. The van der Waals surface area contributed by atoms with Crippen LogP contribution in [0.5, 0.6) is 0 Å². The Morgan fingerprint density at radius 3 is 2.78 bits per heavy atom. The highest BCUT2D eigenvalue weighted by Gasteiger charge is 2.19. The van der Waals surface area contributed by atoms with Crippen LogP contribution in [0.3, 0.4) is 0 Å². The van der Waals surface area contributed by atoms with Crippen molar-refractivity contribution in [2.75, 3.05) is 0 Å². The summed E-state index contributed by atoms with van der Waals surface area (Å²) in [5, 5.41) is 13.3. The first kappa shape index (κ1) is 12.3. The molecule has 2 aromatic rings. The average molecular weight is 248 g/mol. The van der Waals surface area contributed by atoms with Gasteiger partial charge in [-0.2, -0.15) is 5.10 Å². The molecule has 0 radical (unpaired) electrons. The number of hydrogen-bond donors (Lipinski definition) is 1. The molecule has 0 bridgehead atoms. The van der Waals surface area contributed by atoms with Crippen LogP contribution in [0.1, 0.15) is 23.7 Å². The molecule has 5 heteroatoms. The van der Waals surface area contributed by atoms with E-state index >= 15 is 0 Å². The first-order valence-corrected chi connectivity index (χ1v) is 5.69. The fourth-order valence-electron chi connectivity index (χ4n) is 1.77. The van der Waals surface area contributed by atoms with E-state index in [0.29, 0.717) is 6.54 Å². The van der Waals surface area contributed by atoms with E-state index in [-0.39, 0.29) is 16.8 Å². The quantitative estimate of drug-likeness (QED) is 0.905. The molecule has 1 N–H and O–H groups in total. The predicted octanol–water partition coefficient (Wildman–Crippen LogP) is 2.80. The lowest BCUT2D eigenvalue weighted by Crippen LogP contribution is -1.97. The number of nitrogens with zero attached hydrogens (tertiary/aromatic N) is 2. The molecule has 0 saturated carbocycles. The van der Waals surface area contributed by atoms with E-state index in [0.717, 1.165) is 6.42 Å². The number of carboxylic acid groups (broad SMARTS) is 1. The molecule has 94 valence electrons. The molecular weight excluding hydrogens is 235 g/mol. The normalized spacial score (nSPS) is 10.6. The van der Waals surface area contributed by atoms with Crippen molar-refractivity contribution >= 4 is 5.97 Å². The van der Waals surface area contributed by atoms with Crippen LogP contribution < -0.4 is 0 Å². The van der Waals surface area contributed by atoms with Crippen LogP contribution in [-0.2, 0) is 6.54 Å². The van der Waals surface area contributed by atoms with Crippen molar-refractivity contribution in [1.82, 2.24) is 9.78 Å². The molecule has 1 aromatic carbocycles. The second-order valence-corrected chi connectivity index (χ2v) is 3.94. The lowest BCUT2D eigenvalue weighted by Gasteiger charge is -2.00. The van der Waals surface area contributed by atoms with Gasteiger partial charge in [-0.1, -0.05) is 19.1 Å². The monoisotopic (exact) mass is 248 g/mol. The van der Waals surface area contributed by atoms with Gasteiger partial charge in [0.05, 0.1) is 0 Å². The highest BCUT2D eigenvalue weighted by atomic mass is 19.1. The maximum Gasteiger partial charge on any atom is 0.339 e. The van der Waals surface area contributed by atoms with Crippen molar-refractivity contribution in [1.29, 1.82) is 0 Å². The Balaban J connectivity index is 2.55. The van der Waals surface area contributed by atoms with Crippen molar-refractivity contribution in [3.05, 3.63) is 41.8 Å². The van der Waals surface area contributed by atoms with E-state index in [4.69, 9.17) is 5.11 Å². The van der Waals surface area contributed by atoms with Crippen LogP contribution in [-0.4, -0.2) is 20.9 Å². The minimum atomic E-state index is -1.10. The van der Waals surface area contributed by atoms with Crippen molar-refractivity contribution in [2.24, 2.45) is 0 Å². The van der Waals surface area contributed by atoms with Gasteiger partial charge in [0.1, 0.15) is 17.1 Å². The molecule has 0 spiro atoms. The lowest BCUT2D eigenvalue weighted by molar-refractivity contribution is 0.0697. The number of carboxylic acids is 1. The Morgan fingerprint density at radius 2 is 2.17 bits per heavy atom. The second-order valence-electron chi connectivity index (χ2n) is 3.94. The molecule has 0 saturated heterocycles. The minimum absolute atomic E-state index is 0.0218. The molecular formula is C13H13FN2O2. The zero-order valence-electron chi connectivity index (χ0n) is 9.93. The third-order valence-corrected chi connectivity index (χ3v) is 2.57. The van der Waals surface area contributed by atoms with Gasteiger partial charge in [-0.25, -0.2) is 9.18 Å². The van der Waals surface area contributed by atoms with Gasteiger partial charge >= 0.3 is 5.97 Å². The molecule has 0 aliphatic heterocycles. The van der Waals surface area contributed by atoms with Crippen LogP contribution in [0.2, 0.25) is 0 Å². The van der Waals surface area contributed by atoms with Gasteiger partial charge in [-0.05, 0) is 18.6 Å². The zero-order valence-corrected chi connectivity index (χ0v) is 9.93. The Labute approximate surface area is 104 Å². The molecule has 0 atom stereocenters. The molecule has 4 nitrogen and oxygen atoms in total. The molecule has 0 fully saturated rings. The van der Waals surface area contributed by atoms with Gasteiger partial charge in [0, 0.05) is 18.3 Å². The van der Waals surface area contributed by atoms with E-state index in [1.165, 1.54) is 23.0 Å².